The molecule has 3 rings (SSSR count). The summed E-state index contributed by atoms with van der Waals surface area (Å²) >= 11 is 1.55. The predicted octanol–water partition coefficient (Wildman–Crippen LogP) is 3.79. The second-order valence-corrected chi connectivity index (χ2v) is 4.83. The highest BCUT2D eigenvalue weighted by Gasteiger charge is 2.11. The summed E-state index contributed by atoms with van der Waals surface area (Å²) in [6.07, 6.45) is 0. The summed E-state index contributed by atoms with van der Waals surface area (Å²) in [5.74, 6) is -0.514. The van der Waals surface area contributed by atoms with Gasteiger partial charge < -0.3 is 4.52 Å². The monoisotopic (exact) mass is 288 g/mol. The minimum atomic E-state index is -0.388. The SMILES string of the molecule is O=C(Nc1cc(-c2ccsc2)no1)c1ccc(F)cc1. The predicted molar refractivity (Wildman–Crippen MR) is 74.2 cm³/mol. The number of nitrogens with zero attached hydrogens (tertiary/aromatic N) is 1. The Morgan fingerprint density at radius 2 is 2.05 bits per heavy atom. The molecule has 0 aliphatic carbocycles. The average molecular weight is 288 g/mol. The fourth-order valence-electron chi connectivity index (χ4n) is 1.67. The number of carbonyl (C=O) groups excluding carboxylic acids is 1. The van der Waals surface area contributed by atoms with Gasteiger partial charge in [0, 0.05) is 22.6 Å². The summed E-state index contributed by atoms with van der Waals surface area (Å²) in [7, 11) is 0. The summed E-state index contributed by atoms with van der Waals surface area (Å²) < 4.78 is 17.8. The van der Waals surface area contributed by atoms with Crippen LogP contribution in [0.2, 0.25) is 0 Å². The van der Waals surface area contributed by atoms with Gasteiger partial charge in [-0.3, -0.25) is 10.1 Å². The molecule has 6 heteroatoms. The van der Waals surface area contributed by atoms with Gasteiger partial charge in [-0.25, -0.2) is 4.39 Å². The second kappa shape index (κ2) is 5.26. The number of amides is 1. The highest BCUT2D eigenvalue weighted by atomic mass is 32.1. The maximum atomic E-state index is 12.8. The minimum absolute atomic E-state index is 0.250. The number of benzene rings is 1. The number of nitrogens with one attached hydrogen (secondary N) is 1. The van der Waals surface area contributed by atoms with Gasteiger partial charge in [0.15, 0.2) is 0 Å². The number of hydrogen-bond acceptors (Lipinski definition) is 4. The molecule has 0 fully saturated rings. The molecule has 1 N–H and O–H groups in total. The van der Waals surface area contributed by atoms with Gasteiger partial charge in [0.05, 0.1) is 0 Å². The molecule has 0 atom stereocenters. The number of aromatic nitrogens is 1. The van der Waals surface area contributed by atoms with Crippen molar-refractivity contribution in [3.63, 3.8) is 0 Å². The van der Waals surface area contributed by atoms with E-state index in [-0.39, 0.29) is 17.6 Å². The summed E-state index contributed by atoms with van der Waals surface area (Å²) in [6.45, 7) is 0. The van der Waals surface area contributed by atoms with E-state index in [1.165, 1.54) is 24.3 Å². The molecule has 20 heavy (non-hydrogen) atoms. The van der Waals surface area contributed by atoms with Crippen LogP contribution in [0.15, 0.2) is 51.7 Å². The maximum Gasteiger partial charge on any atom is 0.258 e. The van der Waals surface area contributed by atoms with Crippen molar-refractivity contribution in [3.05, 3.63) is 58.5 Å². The van der Waals surface area contributed by atoms with Gasteiger partial charge in [0.2, 0.25) is 5.88 Å². The molecule has 0 radical (unpaired) electrons. The van der Waals surface area contributed by atoms with Crippen LogP contribution in [0, 0.1) is 5.82 Å². The van der Waals surface area contributed by atoms with Crippen LogP contribution in [0.1, 0.15) is 10.4 Å². The Morgan fingerprint density at radius 1 is 1.25 bits per heavy atom. The van der Waals surface area contributed by atoms with Crippen LogP contribution in [-0.4, -0.2) is 11.1 Å². The van der Waals surface area contributed by atoms with E-state index in [1.807, 2.05) is 16.8 Å². The van der Waals surface area contributed by atoms with Crippen molar-refractivity contribution < 1.29 is 13.7 Å². The topological polar surface area (TPSA) is 55.1 Å². The molecule has 0 saturated carbocycles. The van der Waals surface area contributed by atoms with E-state index in [0.29, 0.717) is 11.3 Å². The van der Waals surface area contributed by atoms with Crippen molar-refractivity contribution in [1.29, 1.82) is 0 Å². The Labute approximate surface area is 117 Å². The molecule has 0 aliphatic heterocycles. The molecule has 1 aromatic carbocycles. The summed E-state index contributed by atoms with van der Waals surface area (Å²) in [4.78, 5) is 11.9. The Hall–Kier alpha value is -2.47. The number of anilines is 1. The zero-order valence-corrected chi connectivity index (χ0v) is 11.0. The molecule has 0 bridgehead atoms. The van der Waals surface area contributed by atoms with Gasteiger partial charge >= 0.3 is 0 Å². The van der Waals surface area contributed by atoms with E-state index < -0.39 is 0 Å². The largest absolute Gasteiger partial charge is 0.338 e. The van der Waals surface area contributed by atoms with E-state index in [0.717, 1.165) is 5.56 Å². The standard InChI is InChI=1S/C14H9FN2O2S/c15-11-3-1-9(2-4-11)14(18)16-13-7-12(17-19-13)10-5-6-20-8-10/h1-8H,(H,16,18). The first kappa shape index (κ1) is 12.6. The zero-order valence-electron chi connectivity index (χ0n) is 10.2. The van der Waals surface area contributed by atoms with Crippen LogP contribution in [0.5, 0.6) is 0 Å². The summed E-state index contributed by atoms with van der Waals surface area (Å²) in [6, 6.07) is 8.82. The van der Waals surface area contributed by atoms with Crippen LogP contribution in [0.4, 0.5) is 10.3 Å². The molecule has 3 aromatic rings. The molecule has 0 aliphatic rings. The van der Waals surface area contributed by atoms with Crippen LogP contribution < -0.4 is 5.32 Å². The van der Waals surface area contributed by atoms with Crippen LogP contribution in [0.3, 0.4) is 0 Å². The molecule has 0 unspecified atom stereocenters. The molecule has 2 heterocycles. The minimum Gasteiger partial charge on any atom is -0.338 e. The summed E-state index contributed by atoms with van der Waals surface area (Å²) in [5.41, 5.74) is 1.93. The van der Waals surface area contributed by atoms with Gasteiger partial charge in [0.25, 0.3) is 5.91 Å². The first-order valence-electron chi connectivity index (χ1n) is 5.78. The van der Waals surface area contributed by atoms with Crippen molar-refractivity contribution in [2.45, 2.75) is 0 Å². The van der Waals surface area contributed by atoms with Gasteiger partial charge in [-0.2, -0.15) is 11.3 Å². The van der Waals surface area contributed by atoms with Crippen LogP contribution >= 0.6 is 11.3 Å². The van der Waals surface area contributed by atoms with E-state index in [4.69, 9.17) is 4.52 Å². The van der Waals surface area contributed by atoms with Gasteiger partial charge in [0.1, 0.15) is 11.5 Å². The second-order valence-electron chi connectivity index (χ2n) is 4.05. The van der Waals surface area contributed by atoms with E-state index in [9.17, 15) is 9.18 Å². The first-order chi connectivity index (χ1) is 9.72. The molecule has 2 aromatic heterocycles. The van der Waals surface area contributed by atoms with Crippen molar-refractivity contribution >= 4 is 23.1 Å². The molecular weight excluding hydrogens is 279 g/mol. The number of thiophene rings is 1. The number of hydrogen-bond donors (Lipinski definition) is 1. The fraction of sp³-hybridized carbons (Fsp3) is 0. The first-order valence-corrected chi connectivity index (χ1v) is 6.73. The highest BCUT2D eigenvalue weighted by Crippen LogP contribution is 2.23. The van der Waals surface area contributed by atoms with Crippen LogP contribution in [0.25, 0.3) is 11.3 Å². The number of halogens is 1. The van der Waals surface area contributed by atoms with E-state index in [2.05, 4.69) is 10.5 Å². The fourth-order valence-corrected chi connectivity index (χ4v) is 2.32. The Balaban J connectivity index is 1.75. The molecular formula is C14H9FN2O2S. The maximum absolute atomic E-state index is 12.8. The smallest absolute Gasteiger partial charge is 0.258 e. The lowest BCUT2D eigenvalue weighted by molar-refractivity contribution is 0.102. The Morgan fingerprint density at radius 3 is 2.75 bits per heavy atom. The normalized spacial score (nSPS) is 10.4. The van der Waals surface area contributed by atoms with Gasteiger partial charge in [-0.1, -0.05) is 5.16 Å². The molecule has 1 amide bonds. The Kier molecular flexibility index (Phi) is 3.30. The lowest BCUT2D eigenvalue weighted by Crippen LogP contribution is -2.11. The quantitative estimate of drug-likeness (QED) is 0.797. The lowest BCUT2D eigenvalue weighted by Gasteiger charge is -2.00. The third kappa shape index (κ3) is 2.60. The van der Waals surface area contributed by atoms with E-state index >= 15 is 0 Å². The van der Waals surface area contributed by atoms with Crippen molar-refractivity contribution in [2.75, 3.05) is 5.32 Å². The lowest BCUT2D eigenvalue weighted by atomic mass is 10.2. The highest BCUT2D eigenvalue weighted by molar-refractivity contribution is 7.08. The average Bonchev–Trinajstić information content (AvgIpc) is 3.09. The van der Waals surface area contributed by atoms with E-state index in [1.54, 1.807) is 17.4 Å². The number of rotatable bonds is 3. The third-order valence-electron chi connectivity index (χ3n) is 2.67. The molecule has 4 nitrogen and oxygen atoms in total. The van der Waals surface area contributed by atoms with Crippen molar-refractivity contribution in [2.24, 2.45) is 0 Å². The Bertz CT molecular complexity index is 720. The molecule has 100 valence electrons. The van der Waals surface area contributed by atoms with Crippen molar-refractivity contribution in [1.82, 2.24) is 5.16 Å². The molecule has 0 spiro atoms. The van der Waals surface area contributed by atoms with Gasteiger partial charge in [-0.05, 0) is 35.7 Å². The van der Waals surface area contributed by atoms with Crippen LogP contribution in [-0.2, 0) is 0 Å². The van der Waals surface area contributed by atoms with Crippen molar-refractivity contribution in [3.8, 4) is 11.3 Å². The molecule has 0 saturated heterocycles. The third-order valence-corrected chi connectivity index (χ3v) is 3.35. The van der Waals surface area contributed by atoms with Gasteiger partial charge in [-0.15, -0.1) is 0 Å². The zero-order chi connectivity index (χ0) is 13.9. The summed E-state index contributed by atoms with van der Waals surface area (Å²) in [5, 5.41) is 10.3. The number of carbonyl (C=O) groups is 1.